The quantitative estimate of drug-likeness (QED) is 0.762. The second kappa shape index (κ2) is 4.15. The van der Waals surface area contributed by atoms with E-state index in [0.717, 1.165) is 0 Å². The monoisotopic (exact) mass is 195 g/mol. The van der Waals surface area contributed by atoms with E-state index in [1.165, 1.54) is 6.20 Å². The number of carboxylic acid groups (broad SMARTS) is 1. The first kappa shape index (κ1) is 10.6. The minimum Gasteiger partial charge on any atom is -0.477 e. The molecule has 0 aromatic carbocycles. The van der Waals surface area contributed by atoms with E-state index >= 15 is 0 Å². The third kappa shape index (κ3) is 2.50. The number of carbonyl (C=O) groups is 1. The maximum Gasteiger partial charge on any atom is 0.354 e. The van der Waals surface area contributed by atoms with Gasteiger partial charge in [0.25, 0.3) is 0 Å². The highest BCUT2D eigenvalue weighted by Gasteiger charge is 2.10. The normalized spacial score (nSPS) is 10.6. The van der Waals surface area contributed by atoms with Crippen LogP contribution in [0.1, 0.15) is 21.9 Å². The number of nitrogens with zero attached hydrogens (tertiary/aromatic N) is 3. The van der Waals surface area contributed by atoms with Gasteiger partial charge in [-0.15, -0.1) is 0 Å². The van der Waals surface area contributed by atoms with Crippen LogP contribution in [-0.2, 0) is 6.54 Å². The number of hydrogen-bond acceptors (Lipinski definition) is 4. The lowest BCUT2D eigenvalue weighted by Gasteiger charge is -2.08. The Morgan fingerprint density at radius 3 is 2.71 bits per heavy atom. The van der Waals surface area contributed by atoms with Crippen molar-refractivity contribution in [3.63, 3.8) is 0 Å². The first-order chi connectivity index (χ1) is 6.50. The van der Waals surface area contributed by atoms with Gasteiger partial charge < -0.3 is 10.0 Å². The highest BCUT2D eigenvalue weighted by molar-refractivity contribution is 5.86. The zero-order valence-corrected chi connectivity index (χ0v) is 8.48. The van der Waals surface area contributed by atoms with Crippen molar-refractivity contribution in [2.75, 3.05) is 14.1 Å². The molecular formula is C9H13N3O2. The van der Waals surface area contributed by atoms with Crippen molar-refractivity contribution >= 4 is 5.97 Å². The molecule has 76 valence electrons. The van der Waals surface area contributed by atoms with Crippen LogP contribution in [0.25, 0.3) is 0 Å². The lowest BCUT2D eigenvalue weighted by Crippen LogP contribution is -2.15. The Morgan fingerprint density at radius 2 is 2.21 bits per heavy atom. The molecule has 1 N–H and O–H groups in total. The van der Waals surface area contributed by atoms with Crippen LogP contribution in [0.15, 0.2) is 6.20 Å². The van der Waals surface area contributed by atoms with Crippen molar-refractivity contribution in [2.24, 2.45) is 0 Å². The second-order valence-corrected chi connectivity index (χ2v) is 3.36. The molecule has 0 saturated carbocycles. The van der Waals surface area contributed by atoms with E-state index in [9.17, 15) is 4.79 Å². The van der Waals surface area contributed by atoms with Crippen LogP contribution in [0.2, 0.25) is 0 Å². The van der Waals surface area contributed by atoms with Gasteiger partial charge in [-0.3, -0.25) is 0 Å². The number of carboxylic acids is 1. The van der Waals surface area contributed by atoms with Gasteiger partial charge in [0.15, 0.2) is 5.69 Å². The number of hydrogen-bond donors (Lipinski definition) is 1. The van der Waals surface area contributed by atoms with Crippen molar-refractivity contribution in [2.45, 2.75) is 13.5 Å². The van der Waals surface area contributed by atoms with Gasteiger partial charge in [0, 0.05) is 11.8 Å². The Hall–Kier alpha value is -1.49. The Bertz CT molecular complexity index is 350. The largest absolute Gasteiger partial charge is 0.477 e. The highest BCUT2D eigenvalue weighted by atomic mass is 16.4. The first-order valence-electron chi connectivity index (χ1n) is 4.21. The zero-order chi connectivity index (χ0) is 10.7. The van der Waals surface area contributed by atoms with Crippen LogP contribution in [0, 0.1) is 6.92 Å². The molecule has 0 atom stereocenters. The molecule has 1 heterocycles. The molecule has 0 bridgehead atoms. The summed E-state index contributed by atoms with van der Waals surface area (Å²) in [7, 11) is 3.76. The van der Waals surface area contributed by atoms with Gasteiger partial charge in [0.1, 0.15) is 5.82 Å². The molecular weight excluding hydrogens is 182 g/mol. The molecule has 5 heteroatoms. The minimum absolute atomic E-state index is 0.0804. The fourth-order valence-electron chi connectivity index (χ4n) is 1.05. The van der Waals surface area contributed by atoms with Crippen LogP contribution >= 0.6 is 0 Å². The van der Waals surface area contributed by atoms with Crippen LogP contribution in [0.5, 0.6) is 0 Å². The van der Waals surface area contributed by atoms with Crippen LogP contribution in [-0.4, -0.2) is 40.0 Å². The third-order valence-electron chi connectivity index (χ3n) is 1.68. The Balaban J connectivity index is 3.00. The van der Waals surface area contributed by atoms with Gasteiger partial charge in [-0.25, -0.2) is 14.8 Å². The van der Waals surface area contributed by atoms with Gasteiger partial charge in [-0.05, 0) is 21.0 Å². The average molecular weight is 195 g/mol. The smallest absolute Gasteiger partial charge is 0.354 e. The predicted octanol–water partition coefficient (Wildman–Crippen LogP) is 0.545. The number of aromatic nitrogens is 2. The van der Waals surface area contributed by atoms with Gasteiger partial charge in [-0.1, -0.05) is 0 Å². The van der Waals surface area contributed by atoms with E-state index in [1.807, 2.05) is 19.0 Å². The molecule has 0 aliphatic rings. The lowest BCUT2D eigenvalue weighted by atomic mass is 10.2. The molecule has 1 aromatic rings. The lowest BCUT2D eigenvalue weighted by molar-refractivity contribution is 0.0688. The molecule has 1 aromatic heterocycles. The van der Waals surface area contributed by atoms with Gasteiger partial charge in [0.05, 0.1) is 6.54 Å². The number of rotatable bonds is 3. The molecule has 14 heavy (non-hydrogen) atoms. The summed E-state index contributed by atoms with van der Waals surface area (Å²) in [6, 6.07) is 0. The molecule has 0 spiro atoms. The molecule has 0 aliphatic carbocycles. The predicted molar refractivity (Wildman–Crippen MR) is 51.1 cm³/mol. The molecule has 1 rings (SSSR count). The van der Waals surface area contributed by atoms with Crippen molar-refractivity contribution in [1.29, 1.82) is 0 Å². The third-order valence-corrected chi connectivity index (χ3v) is 1.68. The van der Waals surface area contributed by atoms with Crippen molar-refractivity contribution in [1.82, 2.24) is 14.9 Å². The van der Waals surface area contributed by atoms with Gasteiger partial charge in [0.2, 0.25) is 0 Å². The standard InChI is InChI=1S/C9H13N3O2/c1-6-4-10-7(5-12(2)3)11-8(6)9(13)14/h4H,5H2,1-3H3,(H,13,14). The summed E-state index contributed by atoms with van der Waals surface area (Å²) in [4.78, 5) is 20.6. The van der Waals surface area contributed by atoms with E-state index in [4.69, 9.17) is 5.11 Å². The summed E-state index contributed by atoms with van der Waals surface area (Å²) in [6.07, 6.45) is 1.54. The van der Waals surface area contributed by atoms with Crippen molar-refractivity contribution < 1.29 is 9.90 Å². The first-order valence-corrected chi connectivity index (χ1v) is 4.21. The molecule has 0 fully saturated rings. The summed E-state index contributed by atoms with van der Waals surface area (Å²) in [5.41, 5.74) is 0.664. The molecule has 0 unspecified atom stereocenters. The maximum absolute atomic E-state index is 10.8. The summed E-state index contributed by atoms with van der Waals surface area (Å²) >= 11 is 0. The second-order valence-electron chi connectivity index (χ2n) is 3.36. The van der Waals surface area contributed by atoms with Crippen LogP contribution in [0.3, 0.4) is 0 Å². The van der Waals surface area contributed by atoms with Gasteiger partial charge >= 0.3 is 5.97 Å². The van der Waals surface area contributed by atoms with E-state index in [2.05, 4.69) is 9.97 Å². The molecule has 5 nitrogen and oxygen atoms in total. The minimum atomic E-state index is -1.01. The van der Waals surface area contributed by atoms with Gasteiger partial charge in [-0.2, -0.15) is 0 Å². The van der Waals surface area contributed by atoms with E-state index in [0.29, 0.717) is 17.9 Å². The summed E-state index contributed by atoms with van der Waals surface area (Å²) in [5.74, 6) is -0.483. The SMILES string of the molecule is Cc1cnc(CN(C)C)nc1C(=O)O. The number of aromatic carboxylic acids is 1. The van der Waals surface area contributed by atoms with Crippen LogP contribution < -0.4 is 0 Å². The Kier molecular flexibility index (Phi) is 3.14. The van der Waals surface area contributed by atoms with Crippen molar-refractivity contribution in [3.8, 4) is 0 Å². The van der Waals surface area contributed by atoms with Crippen molar-refractivity contribution in [3.05, 3.63) is 23.3 Å². The molecule has 0 amide bonds. The van der Waals surface area contributed by atoms with E-state index in [-0.39, 0.29) is 5.69 Å². The summed E-state index contributed by atoms with van der Waals surface area (Å²) in [6.45, 7) is 2.23. The van der Waals surface area contributed by atoms with E-state index in [1.54, 1.807) is 6.92 Å². The maximum atomic E-state index is 10.8. The molecule has 0 saturated heterocycles. The average Bonchev–Trinajstić information content (AvgIpc) is 2.07. The Morgan fingerprint density at radius 1 is 1.57 bits per heavy atom. The molecule has 0 radical (unpaired) electrons. The Labute approximate surface area is 82.4 Å². The topological polar surface area (TPSA) is 66.3 Å². The highest BCUT2D eigenvalue weighted by Crippen LogP contribution is 2.04. The number of aryl methyl sites for hydroxylation is 1. The summed E-state index contributed by atoms with van der Waals surface area (Å²) < 4.78 is 0. The van der Waals surface area contributed by atoms with E-state index < -0.39 is 5.97 Å². The zero-order valence-electron chi connectivity index (χ0n) is 8.48. The molecule has 0 aliphatic heterocycles. The fraction of sp³-hybridized carbons (Fsp3) is 0.444. The van der Waals surface area contributed by atoms with Crippen LogP contribution in [0.4, 0.5) is 0 Å². The summed E-state index contributed by atoms with van der Waals surface area (Å²) in [5, 5.41) is 8.82. The fourth-order valence-corrected chi connectivity index (χ4v) is 1.05.